The third-order valence-corrected chi connectivity index (χ3v) is 2.56. The Kier molecular flexibility index (Phi) is 4.88. The van der Waals surface area contributed by atoms with Crippen LogP contribution in [-0.4, -0.2) is 40.6 Å². The fraction of sp³-hybridized carbons (Fsp3) is 0.583. The summed E-state index contributed by atoms with van der Waals surface area (Å²) in [5, 5.41) is 12.3. The summed E-state index contributed by atoms with van der Waals surface area (Å²) in [6, 6.07) is 1.63. The highest BCUT2D eigenvalue weighted by Crippen LogP contribution is 2.15. The van der Waals surface area contributed by atoms with Crippen molar-refractivity contribution in [3.05, 3.63) is 17.5 Å². The fourth-order valence-corrected chi connectivity index (χ4v) is 1.42. The van der Waals surface area contributed by atoms with Crippen molar-refractivity contribution < 1.29 is 19.2 Å². The first-order valence-electron chi connectivity index (χ1n) is 5.85. The minimum Gasteiger partial charge on any atom is -0.481 e. The minimum atomic E-state index is -0.863. The molecule has 0 aliphatic heterocycles. The molecule has 100 valence electrons. The summed E-state index contributed by atoms with van der Waals surface area (Å²) < 4.78 is 4.98. The third-order valence-electron chi connectivity index (χ3n) is 2.56. The predicted molar refractivity (Wildman–Crippen MR) is 64.4 cm³/mol. The molecule has 0 unspecified atom stereocenters. The summed E-state index contributed by atoms with van der Waals surface area (Å²) >= 11 is 0. The predicted octanol–water partition coefficient (Wildman–Crippen LogP) is 1.73. The Morgan fingerprint density at radius 3 is 2.67 bits per heavy atom. The quantitative estimate of drug-likeness (QED) is 0.835. The molecule has 0 saturated heterocycles. The van der Waals surface area contributed by atoms with E-state index in [0.29, 0.717) is 13.0 Å². The molecule has 1 rings (SSSR count). The smallest absolute Gasteiger partial charge is 0.303 e. The van der Waals surface area contributed by atoms with E-state index in [1.807, 2.05) is 13.8 Å². The van der Waals surface area contributed by atoms with Crippen LogP contribution >= 0.6 is 0 Å². The number of nitrogens with zero attached hydrogens (tertiary/aromatic N) is 2. The largest absolute Gasteiger partial charge is 0.481 e. The van der Waals surface area contributed by atoms with Crippen LogP contribution in [0.5, 0.6) is 0 Å². The third kappa shape index (κ3) is 3.87. The topological polar surface area (TPSA) is 83.6 Å². The Bertz CT molecular complexity index is 425. The van der Waals surface area contributed by atoms with Gasteiger partial charge in [0.1, 0.15) is 0 Å². The van der Waals surface area contributed by atoms with Gasteiger partial charge in [-0.25, -0.2) is 0 Å². The van der Waals surface area contributed by atoms with Crippen LogP contribution < -0.4 is 0 Å². The Morgan fingerprint density at radius 1 is 1.50 bits per heavy atom. The van der Waals surface area contributed by atoms with Crippen LogP contribution in [0.2, 0.25) is 0 Å². The van der Waals surface area contributed by atoms with Crippen LogP contribution in [0.1, 0.15) is 48.9 Å². The lowest BCUT2D eigenvalue weighted by atomic mass is 10.1. The van der Waals surface area contributed by atoms with E-state index in [1.54, 1.807) is 13.1 Å². The van der Waals surface area contributed by atoms with Crippen molar-refractivity contribution in [3.63, 3.8) is 0 Å². The molecule has 6 nitrogen and oxygen atoms in total. The summed E-state index contributed by atoms with van der Waals surface area (Å²) in [4.78, 5) is 23.7. The van der Waals surface area contributed by atoms with E-state index in [2.05, 4.69) is 5.16 Å². The molecule has 0 bridgehead atoms. The number of hydrogen-bond donors (Lipinski definition) is 1. The molecule has 1 N–H and O–H groups in total. The van der Waals surface area contributed by atoms with Gasteiger partial charge < -0.3 is 14.5 Å². The lowest BCUT2D eigenvalue weighted by molar-refractivity contribution is -0.137. The van der Waals surface area contributed by atoms with Crippen molar-refractivity contribution >= 4 is 11.9 Å². The van der Waals surface area contributed by atoms with Crippen molar-refractivity contribution in [2.45, 2.75) is 32.6 Å². The lowest BCUT2D eigenvalue weighted by Gasteiger charge is -2.14. The van der Waals surface area contributed by atoms with Crippen LogP contribution in [0.15, 0.2) is 10.6 Å². The SMILES string of the molecule is CC(C)c1cc(C(=O)N(C)CCCC(=O)O)on1. The average molecular weight is 254 g/mol. The molecule has 0 aromatic carbocycles. The van der Waals surface area contributed by atoms with Gasteiger partial charge in [0.25, 0.3) is 5.91 Å². The Labute approximate surface area is 106 Å². The minimum absolute atomic E-state index is 0.0469. The highest BCUT2D eigenvalue weighted by atomic mass is 16.5. The number of aromatic nitrogens is 1. The molecule has 0 saturated carbocycles. The van der Waals surface area contributed by atoms with E-state index < -0.39 is 5.97 Å². The van der Waals surface area contributed by atoms with Gasteiger partial charge in [0.15, 0.2) is 0 Å². The molecule has 0 aliphatic rings. The van der Waals surface area contributed by atoms with Crippen molar-refractivity contribution in [3.8, 4) is 0 Å². The van der Waals surface area contributed by atoms with E-state index in [1.165, 1.54) is 4.90 Å². The van der Waals surface area contributed by atoms with Crippen molar-refractivity contribution in [1.82, 2.24) is 10.1 Å². The van der Waals surface area contributed by atoms with Crippen molar-refractivity contribution in [1.29, 1.82) is 0 Å². The van der Waals surface area contributed by atoms with E-state index in [9.17, 15) is 9.59 Å². The van der Waals surface area contributed by atoms with E-state index >= 15 is 0 Å². The molecule has 6 heteroatoms. The summed E-state index contributed by atoms with van der Waals surface area (Å²) in [6.45, 7) is 4.30. The molecule has 1 aromatic heterocycles. The standard InChI is InChI=1S/C12H18N2O4/c1-8(2)9-7-10(18-13-9)12(17)14(3)6-4-5-11(15)16/h7-8H,4-6H2,1-3H3,(H,15,16). The molecule has 18 heavy (non-hydrogen) atoms. The molecule has 0 radical (unpaired) electrons. The summed E-state index contributed by atoms with van der Waals surface area (Å²) in [5.74, 6) is -0.749. The number of carboxylic acids is 1. The van der Waals surface area contributed by atoms with Gasteiger partial charge in [0, 0.05) is 26.1 Å². The van der Waals surface area contributed by atoms with Gasteiger partial charge >= 0.3 is 5.97 Å². The van der Waals surface area contributed by atoms with Gasteiger partial charge in [0.05, 0.1) is 5.69 Å². The maximum atomic E-state index is 11.9. The summed E-state index contributed by atoms with van der Waals surface area (Å²) in [7, 11) is 1.61. The van der Waals surface area contributed by atoms with Crippen LogP contribution in [0.4, 0.5) is 0 Å². The average Bonchev–Trinajstić information content (AvgIpc) is 2.76. The molecule has 0 spiro atoms. The normalized spacial score (nSPS) is 10.7. The van der Waals surface area contributed by atoms with Gasteiger partial charge in [-0.15, -0.1) is 0 Å². The highest BCUT2D eigenvalue weighted by molar-refractivity contribution is 5.91. The van der Waals surface area contributed by atoms with E-state index in [0.717, 1.165) is 5.69 Å². The maximum absolute atomic E-state index is 11.9. The zero-order chi connectivity index (χ0) is 13.7. The van der Waals surface area contributed by atoms with Gasteiger partial charge in [-0.1, -0.05) is 19.0 Å². The number of rotatable bonds is 6. The van der Waals surface area contributed by atoms with Gasteiger partial charge in [-0.05, 0) is 12.3 Å². The van der Waals surface area contributed by atoms with E-state index in [-0.39, 0.29) is 24.0 Å². The summed E-state index contributed by atoms with van der Waals surface area (Å²) in [6.07, 6.45) is 0.466. The Morgan fingerprint density at radius 2 is 2.17 bits per heavy atom. The number of carbonyl (C=O) groups is 2. The number of carboxylic acid groups (broad SMARTS) is 1. The number of amides is 1. The van der Waals surface area contributed by atoms with Gasteiger partial charge in [-0.3, -0.25) is 9.59 Å². The molecule has 1 aromatic rings. The molecule has 1 amide bonds. The molecule has 0 fully saturated rings. The lowest BCUT2D eigenvalue weighted by Crippen LogP contribution is -2.27. The Hall–Kier alpha value is -1.85. The van der Waals surface area contributed by atoms with Crippen LogP contribution in [0, 0.1) is 0 Å². The van der Waals surface area contributed by atoms with Gasteiger partial charge in [0.2, 0.25) is 5.76 Å². The molecular weight excluding hydrogens is 236 g/mol. The monoisotopic (exact) mass is 254 g/mol. The molecule has 1 heterocycles. The first-order chi connectivity index (χ1) is 8.41. The second kappa shape index (κ2) is 6.18. The fourth-order valence-electron chi connectivity index (χ4n) is 1.42. The first-order valence-corrected chi connectivity index (χ1v) is 5.85. The van der Waals surface area contributed by atoms with Crippen molar-refractivity contribution in [2.24, 2.45) is 0 Å². The van der Waals surface area contributed by atoms with Crippen LogP contribution in [-0.2, 0) is 4.79 Å². The first kappa shape index (κ1) is 14.2. The second-order valence-corrected chi connectivity index (χ2v) is 4.49. The zero-order valence-electron chi connectivity index (χ0n) is 10.8. The van der Waals surface area contributed by atoms with E-state index in [4.69, 9.17) is 9.63 Å². The molecular formula is C12H18N2O4. The van der Waals surface area contributed by atoms with Crippen LogP contribution in [0.25, 0.3) is 0 Å². The van der Waals surface area contributed by atoms with Gasteiger partial charge in [-0.2, -0.15) is 0 Å². The number of aliphatic carboxylic acids is 1. The highest BCUT2D eigenvalue weighted by Gasteiger charge is 2.18. The van der Waals surface area contributed by atoms with Crippen molar-refractivity contribution in [2.75, 3.05) is 13.6 Å². The number of carbonyl (C=O) groups excluding carboxylic acids is 1. The number of hydrogen-bond acceptors (Lipinski definition) is 4. The summed E-state index contributed by atoms with van der Waals surface area (Å²) in [5.41, 5.74) is 0.734. The molecule has 0 aliphatic carbocycles. The second-order valence-electron chi connectivity index (χ2n) is 4.49. The van der Waals surface area contributed by atoms with Crippen LogP contribution in [0.3, 0.4) is 0 Å². The molecule has 0 atom stereocenters. The Balaban J connectivity index is 2.54. The zero-order valence-corrected chi connectivity index (χ0v) is 10.8. The maximum Gasteiger partial charge on any atom is 0.303 e.